The number of carbonyl (C=O) groups is 1. The highest BCUT2D eigenvalue weighted by Gasteiger charge is 2.11. The third-order valence-electron chi connectivity index (χ3n) is 5.77. The van der Waals surface area contributed by atoms with E-state index in [0.29, 0.717) is 17.4 Å². The Labute approximate surface area is 247 Å². The minimum Gasteiger partial charge on any atom is -0.497 e. The highest BCUT2D eigenvalue weighted by molar-refractivity contribution is 9.10. The number of nitrogens with zero attached hydrogens (tertiary/aromatic N) is 1. The first-order valence-electron chi connectivity index (χ1n) is 12.0. The molecule has 0 radical (unpaired) electrons. The maximum atomic E-state index is 13.6. The summed E-state index contributed by atoms with van der Waals surface area (Å²) in [6.45, 7) is 0.738. The summed E-state index contributed by atoms with van der Waals surface area (Å²) < 4.78 is 36.6. The molecular formula is C30H25Br2FN2O5. The fourth-order valence-corrected chi connectivity index (χ4v) is 4.51. The fourth-order valence-electron chi connectivity index (χ4n) is 3.67. The van der Waals surface area contributed by atoms with Crippen molar-refractivity contribution < 1.29 is 28.1 Å². The van der Waals surface area contributed by atoms with Crippen LogP contribution in [0.3, 0.4) is 0 Å². The normalized spacial score (nSPS) is 10.4. The number of benzene rings is 4. The van der Waals surface area contributed by atoms with Gasteiger partial charge in [-0.2, -0.15) is 5.10 Å². The Morgan fingerprint density at radius 2 is 1.32 bits per heavy atom. The number of hydrogen-bond acceptors (Lipinski definition) is 6. The van der Waals surface area contributed by atoms with E-state index in [-0.39, 0.29) is 17.9 Å². The number of aromatic amines is 1. The van der Waals surface area contributed by atoms with Crippen LogP contribution in [0.2, 0.25) is 0 Å². The Morgan fingerprint density at radius 1 is 0.800 bits per heavy atom. The lowest BCUT2D eigenvalue weighted by Crippen LogP contribution is -2.00. The van der Waals surface area contributed by atoms with Gasteiger partial charge in [-0.3, -0.25) is 9.89 Å². The molecule has 0 fully saturated rings. The molecule has 0 aliphatic carbocycles. The van der Waals surface area contributed by atoms with Gasteiger partial charge in [-0.1, -0.05) is 56.1 Å². The Kier molecular flexibility index (Phi) is 10.2. The third-order valence-corrected chi connectivity index (χ3v) is 6.68. The van der Waals surface area contributed by atoms with Crippen LogP contribution in [0.1, 0.15) is 21.5 Å². The van der Waals surface area contributed by atoms with E-state index in [2.05, 4.69) is 42.1 Å². The average molecular weight is 672 g/mol. The summed E-state index contributed by atoms with van der Waals surface area (Å²) in [6.07, 6.45) is 2.22. The van der Waals surface area contributed by atoms with E-state index in [0.717, 1.165) is 43.8 Å². The van der Waals surface area contributed by atoms with E-state index in [1.165, 1.54) is 6.07 Å². The molecular weight excluding hydrogens is 647 g/mol. The fraction of sp³-hybridized carbons (Fsp3) is 0.133. The zero-order chi connectivity index (χ0) is 28.5. The standard InChI is InChI=1S/C15H12BrFO3.C15H13BrN2O2/c1-19-12-4-2-10(3-5-12)9-20-15-7-11(16)6-14(17)13(15)8-18;1-19-12-4-2-10(3-5-12)9-20-15-7-11(16)6-14-13(15)8-17-18-14/h2-8H,9H2,1H3;2-8H,9H2,1H3,(H,17,18). The molecule has 0 unspecified atom stereocenters. The van der Waals surface area contributed by atoms with Crippen molar-refractivity contribution >= 4 is 49.0 Å². The molecule has 40 heavy (non-hydrogen) atoms. The Balaban J connectivity index is 0.000000185. The third kappa shape index (κ3) is 7.61. The minimum atomic E-state index is -0.612. The highest BCUT2D eigenvalue weighted by atomic mass is 79.9. The van der Waals surface area contributed by atoms with Gasteiger partial charge in [0.05, 0.1) is 36.9 Å². The zero-order valence-electron chi connectivity index (χ0n) is 21.6. The quantitative estimate of drug-likeness (QED) is 0.161. The maximum Gasteiger partial charge on any atom is 0.156 e. The van der Waals surface area contributed by atoms with E-state index < -0.39 is 5.82 Å². The predicted octanol–water partition coefficient (Wildman–Crippen LogP) is 7.90. The number of ether oxygens (including phenoxy) is 4. The Morgan fingerprint density at radius 3 is 1.88 bits per heavy atom. The van der Waals surface area contributed by atoms with Gasteiger partial charge in [-0.15, -0.1) is 0 Å². The molecule has 0 saturated heterocycles. The lowest BCUT2D eigenvalue weighted by Gasteiger charge is -2.10. The molecule has 1 N–H and O–H groups in total. The van der Waals surface area contributed by atoms with Crippen molar-refractivity contribution in [2.45, 2.75) is 13.2 Å². The second-order valence-corrected chi connectivity index (χ2v) is 10.3. The Hall–Kier alpha value is -3.89. The number of hydrogen-bond donors (Lipinski definition) is 1. The topological polar surface area (TPSA) is 82.7 Å². The number of carbonyl (C=O) groups excluding carboxylic acids is 1. The van der Waals surface area contributed by atoms with Crippen LogP contribution in [0.5, 0.6) is 23.0 Å². The number of aromatic nitrogens is 2. The molecule has 1 aromatic heterocycles. The molecule has 206 valence electrons. The summed E-state index contributed by atoms with van der Waals surface area (Å²) in [5, 5.41) is 7.95. The van der Waals surface area contributed by atoms with Gasteiger partial charge in [0.1, 0.15) is 42.0 Å². The van der Waals surface area contributed by atoms with Crippen LogP contribution in [0, 0.1) is 5.82 Å². The summed E-state index contributed by atoms with van der Waals surface area (Å²) in [5.74, 6) is 1.99. The van der Waals surface area contributed by atoms with Crippen molar-refractivity contribution in [3.8, 4) is 23.0 Å². The van der Waals surface area contributed by atoms with Gasteiger partial charge in [0, 0.05) is 8.95 Å². The highest BCUT2D eigenvalue weighted by Crippen LogP contribution is 2.30. The number of fused-ring (bicyclic) bond motifs is 1. The van der Waals surface area contributed by atoms with Gasteiger partial charge in [-0.05, 0) is 59.7 Å². The van der Waals surface area contributed by atoms with Gasteiger partial charge < -0.3 is 18.9 Å². The van der Waals surface area contributed by atoms with Crippen molar-refractivity contribution in [1.82, 2.24) is 10.2 Å². The van der Waals surface area contributed by atoms with Crippen LogP contribution in [-0.2, 0) is 13.2 Å². The maximum absolute atomic E-state index is 13.6. The molecule has 0 atom stereocenters. The molecule has 4 aromatic carbocycles. The van der Waals surface area contributed by atoms with E-state index in [9.17, 15) is 9.18 Å². The van der Waals surface area contributed by atoms with Gasteiger partial charge in [0.2, 0.25) is 0 Å². The summed E-state index contributed by atoms with van der Waals surface area (Å²) >= 11 is 6.64. The molecule has 0 saturated carbocycles. The molecule has 5 aromatic rings. The lowest BCUT2D eigenvalue weighted by atomic mass is 10.2. The number of rotatable bonds is 9. The van der Waals surface area contributed by atoms with Crippen LogP contribution in [-0.4, -0.2) is 30.7 Å². The summed E-state index contributed by atoms with van der Waals surface area (Å²) in [7, 11) is 3.24. The van der Waals surface area contributed by atoms with E-state index in [4.69, 9.17) is 18.9 Å². The average Bonchev–Trinajstić information content (AvgIpc) is 3.44. The van der Waals surface area contributed by atoms with Crippen LogP contribution in [0.25, 0.3) is 10.9 Å². The van der Waals surface area contributed by atoms with Crippen molar-refractivity contribution in [2.75, 3.05) is 14.2 Å². The summed E-state index contributed by atoms with van der Waals surface area (Å²) in [5.41, 5.74) is 2.84. The molecule has 0 aliphatic rings. The molecule has 7 nitrogen and oxygen atoms in total. The Bertz CT molecular complexity index is 1570. The smallest absolute Gasteiger partial charge is 0.156 e. The molecule has 0 aliphatic heterocycles. The van der Waals surface area contributed by atoms with Crippen molar-refractivity contribution in [3.05, 3.63) is 110 Å². The minimum absolute atomic E-state index is 0.0817. The van der Waals surface area contributed by atoms with Crippen LogP contribution in [0.4, 0.5) is 4.39 Å². The lowest BCUT2D eigenvalue weighted by molar-refractivity contribution is 0.111. The monoisotopic (exact) mass is 670 g/mol. The number of nitrogens with one attached hydrogen (secondary N) is 1. The molecule has 0 bridgehead atoms. The van der Waals surface area contributed by atoms with Gasteiger partial charge in [-0.25, -0.2) is 4.39 Å². The van der Waals surface area contributed by atoms with E-state index >= 15 is 0 Å². The molecule has 1 heterocycles. The van der Waals surface area contributed by atoms with Gasteiger partial charge in [0.15, 0.2) is 6.29 Å². The van der Waals surface area contributed by atoms with Crippen LogP contribution >= 0.6 is 31.9 Å². The van der Waals surface area contributed by atoms with Crippen molar-refractivity contribution in [1.29, 1.82) is 0 Å². The number of halogens is 3. The van der Waals surface area contributed by atoms with Gasteiger partial charge >= 0.3 is 0 Å². The van der Waals surface area contributed by atoms with Crippen molar-refractivity contribution in [2.24, 2.45) is 0 Å². The predicted molar refractivity (Wildman–Crippen MR) is 158 cm³/mol. The number of H-pyrrole nitrogens is 1. The second-order valence-electron chi connectivity index (χ2n) is 8.43. The van der Waals surface area contributed by atoms with Crippen LogP contribution < -0.4 is 18.9 Å². The van der Waals surface area contributed by atoms with E-state index in [1.807, 2.05) is 48.5 Å². The SMILES string of the molecule is COc1ccc(COc2cc(Br)cc(F)c2C=O)cc1.COc1ccc(COc2cc(Br)cc3[nH]ncc23)cc1. The first-order chi connectivity index (χ1) is 19.4. The largest absolute Gasteiger partial charge is 0.497 e. The van der Waals surface area contributed by atoms with Crippen LogP contribution in [0.15, 0.2) is 87.9 Å². The summed E-state index contributed by atoms with van der Waals surface area (Å²) in [4.78, 5) is 10.9. The first-order valence-corrected chi connectivity index (χ1v) is 13.6. The molecule has 0 amide bonds. The molecule has 0 spiro atoms. The summed E-state index contributed by atoms with van der Waals surface area (Å²) in [6, 6.07) is 21.8. The molecule has 5 rings (SSSR count). The molecule has 10 heteroatoms. The van der Waals surface area contributed by atoms with E-state index in [1.54, 1.807) is 38.6 Å². The van der Waals surface area contributed by atoms with Gasteiger partial charge in [0.25, 0.3) is 0 Å². The number of aldehydes is 1. The van der Waals surface area contributed by atoms with Crippen molar-refractivity contribution in [3.63, 3.8) is 0 Å². The first kappa shape index (κ1) is 29.1. The number of methoxy groups -OCH3 is 2. The zero-order valence-corrected chi connectivity index (χ0v) is 24.8. The second kappa shape index (κ2) is 14.0.